The third-order valence-electron chi connectivity index (χ3n) is 7.04. The molecule has 17 nitrogen and oxygen atoms in total. The van der Waals surface area contributed by atoms with Crippen molar-refractivity contribution >= 4 is 43.1 Å². The summed E-state index contributed by atoms with van der Waals surface area (Å²) in [6, 6.07) is 0.985. The van der Waals surface area contributed by atoms with Crippen molar-refractivity contribution in [2.75, 3.05) is 25.1 Å². The molecule has 228 valence electrons. The summed E-state index contributed by atoms with van der Waals surface area (Å²) < 4.78 is 74.1. The van der Waals surface area contributed by atoms with E-state index in [0.717, 1.165) is 23.2 Å². The number of rotatable bonds is 2. The molecule has 42 heavy (non-hydrogen) atoms. The maximum Gasteiger partial charge on any atom is 0.330 e. The summed E-state index contributed by atoms with van der Waals surface area (Å²) in [6.07, 6.45) is -9.11. The van der Waals surface area contributed by atoms with Crippen LogP contribution in [0.5, 0.6) is 0 Å². The van der Waals surface area contributed by atoms with Crippen LogP contribution in [0.1, 0.15) is 12.5 Å². The zero-order valence-corrected chi connectivity index (χ0v) is 23.7. The third-order valence-corrected chi connectivity index (χ3v) is 10.0. The zero-order valence-electron chi connectivity index (χ0n) is 21.1. The van der Waals surface area contributed by atoms with E-state index < -0.39 is 94.0 Å². The summed E-state index contributed by atoms with van der Waals surface area (Å²) in [7, 11) is -4.69. The van der Waals surface area contributed by atoms with E-state index in [4.69, 9.17) is 40.6 Å². The van der Waals surface area contributed by atoms with Crippen molar-refractivity contribution in [3.05, 3.63) is 45.8 Å². The molecule has 0 aliphatic carbocycles. The predicted octanol–water partition coefficient (Wildman–Crippen LogP) is -0.120. The van der Waals surface area contributed by atoms with Gasteiger partial charge < -0.3 is 34.0 Å². The summed E-state index contributed by atoms with van der Waals surface area (Å²) in [4.78, 5) is 59.3. The molecule has 6 rings (SSSR count). The summed E-state index contributed by atoms with van der Waals surface area (Å²) in [5, 5.41) is 0. The van der Waals surface area contributed by atoms with E-state index in [0.29, 0.717) is 0 Å². The van der Waals surface area contributed by atoms with Crippen LogP contribution in [0.2, 0.25) is 0 Å². The van der Waals surface area contributed by atoms with Gasteiger partial charge in [0.05, 0.1) is 25.7 Å². The Labute approximate surface area is 238 Å². The van der Waals surface area contributed by atoms with Crippen LogP contribution in [0.3, 0.4) is 0 Å². The Bertz CT molecular complexity index is 1730. The normalized spacial score (nSPS) is 39.3. The molecule has 3 aromatic heterocycles. The molecule has 3 aliphatic rings. The number of alkyl halides is 2. The first-order chi connectivity index (χ1) is 19.8. The number of hydrogen-bond acceptors (Lipinski definition) is 13. The lowest BCUT2D eigenvalue weighted by Gasteiger charge is -2.26. The molecule has 3 aromatic rings. The van der Waals surface area contributed by atoms with Crippen LogP contribution in [0, 0.1) is 5.92 Å². The van der Waals surface area contributed by atoms with E-state index in [-0.39, 0.29) is 17.0 Å². The molecule has 5 N–H and O–H groups in total. The standard InChI is InChI=1S/C20H23F2N7O10P2S/c21-12-8-5-40(32,33)35-4-10-15(13(22)19(38-10)29-7-26-14-16(23)24-6-25-17(14)29)39-41(34,42)36-3-9(12)37-18(8)28-2-1-11(30)27-20(28)31/h1-2,6-10,12-13,15,18-19H,3-5H2,(H,32,33)(H,34,42)(H2,23,24,25)(H,27,30,31)/t8-,9-,10-,12+,13-,15-,18-,19-,41?/m1/s1. The van der Waals surface area contributed by atoms with E-state index in [1.54, 1.807) is 0 Å². The molecule has 0 aromatic carbocycles. The van der Waals surface area contributed by atoms with Gasteiger partial charge in [-0.05, 0) is 11.8 Å². The quantitative estimate of drug-likeness (QED) is 0.264. The summed E-state index contributed by atoms with van der Waals surface area (Å²) in [5.41, 5.74) is 4.40. The van der Waals surface area contributed by atoms with Crippen LogP contribution >= 0.6 is 14.3 Å². The van der Waals surface area contributed by atoms with Crippen LogP contribution in [0.15, 0.2) is 34.5 Å². The second-order valence-corrected chi connectivity index (χ2v) is 14.4. The molecule has 0 saturated carbocycles. The van der Waals surface area contributed by atoms with E-state index >= 15 is 8.78 Å². The summed E-state index contributed by atoms with van der Waals surface area (Å²) >= 11 is 5.05. The minimum Gasteiger partial charge on any atom is -0.382 e. The first-order valence-corrected chi connectivity index (χ1v) is 16.6. The lowest BCUT2D eigenvalue weighted by Crippen LogP contribution is -2.36. The number of aromatic nitrogens is 6. The number of anilines is 1. The number of nitrogen functional groups attached to an aromatic ring is 1. The molecule has 22 heteroatoms. The topological polar surface area (TPSA) is 228 Å². The van der Waals surface area contributed by atoms with Gasteiger partial charge in [0, 0.05) is 18.2 Å². The molecule has 0 amide bonds. The number of nitrogens with two attached hydrogens (primary N) is 1. The average molecular weight is 653 g/mol. The van der Waals surface area contributed by atoms with Crippen molar-refractivity contribution in [2.24, 2.45) is 5.92 Å². The highest BCUT2D eigenvalue weighted by Gasteiger charge is 2.53. The molecule has 6 heterocycles. The van der Waals surface area contributed by atoms with Crippen molar-refractivity contribution in [2.45, 2.75) is 43.1 Å². The third kappa shape index (κ3) is 5.47. The van der Waals surface area contributed by atoms with Gasteiger partial charge in [0.2, 0.25) is 0 Å². The second kappa shape index (κ2) is 10.9. The predicted molar refractivity (Wildman–Crippen MR) is 140 cm³/mol. The second-order valence-electron chi connectivity index (χ2n) is 9.73. The van der Waals surface area contributed by atoms with Gasteiger partial charge >= 0.3 is 20.0 Å². The lowest BCUT2D eigenvalue weighted by molar-refractivity contribution is -0.0498. The highest BCUT2D eigenvalue weighted by atomic mass is 32.5. The molecule has 0 spiro atoms. The SMILES string of the molecule is Nc1ncnc2c1ncn2[C@@H]1O[C@@H]2COP(=O)(O)C[C@@H]3[C@H](F)[C@@H](COP(O)(=S)O[C@H]2[C@H]1F)O[C@H]3n1ccc(=O)[nH]c1=O. The fraction of sp³-hybridized carbons (Fsp3) is 0.550. The fourth-order valence-corrected chi connectivity index (χ4v) is 7.94. The van der Waals surface area contributed by atoms with Crippen LogP contribution < -0.4 is 17.0 Å². The van der Waals surface area contributed by atoms with E-state index in [2.05, 4.69) is 15.0 Å². The van der Waals surface area contributed by atoms with Gasteiger partial charge in [-0.1, -0.05) is 0 Å². The highest BCUT2D eigenvalue weighted by molar-refractivity contribution is 8.07. The Balaban J connectivity index is 1.31. The summed E-state index contributed by atoms with van der Waals surface area (Å²) in [5.74, 6) is -1.43. The van der Waals surface area contributed by atoms with Gasteiger partial charge in [0.1, 0.15) is 42.6 Å². The average Bonchev–Trinajstić information content (AvgIpc) is 3.57. The van der Waals surface area contributed by atoms with Crippen LogP contribution in [-0.2, 0) is 39.4 Å². The number of halogens is 2. The number of hydrogen-bond donors (Lipinski definition) is 4. The van der Waals surface area contributed by atoms with Crippen molar-refractivity contribution in [1.82, 2.24) is 29.1 Å². The Morgan fingerprint density at radius 2 is 1.79 bits per heavy atom. The number of nitrogens with zero attached hydrogens (tertiary/aromatic N) is 5. The Morgan fingerprint density at radius 1 is 1.05 bits per heavy atom. The minimum atomic E-state index is -4.69. The Kier molecular flexibility index (Phi) is 7.66. The molecule has 10 atom stereocenters. The molecule has 2 bridgehead atoms. The van der Waals surface area contributed by atoms with Gasteiger partial charge in [-0.3, -0.25) is 28.0 Å². The molecule has 2 unspecified atom stereocenters. The van der Waals surface area contributed by atoms with Gasteiger partial charge in [-0.25, -0.2) is 28.5 Å². The van der Waals surface area contributed by atoms with Crippen molar-refractivity contribution in [3.8, 4) is 0 Å². The Morgan fingerprint density at radius 3 is 2.55 bits per heavy atom. The monoisotopic (exact) mass is 653 g/mol. The van der Waals surface area contributed by atoms with E-state index in [1.165, 1.54) is 10.9 Å². The molecule has 3 saturated heterocycles. The zero-order chi connectivity index (χ0) is 30.0. The largest absolute Gasteiger partial charge is 0.382 e. The minimum absolute atomic E-state index is 0.0280. The number of nitrogens with one attached hydrogen (secondary N) is 1. The van der Waals surface area contributed by atoms with Crippen LogP contribution in [-0.4, -0.2) is 88.9 Å². The summed E-state index contributed by atoms with van der Waals surface area (Å²) in [6.45, 7) is -5.81. The lowest BCUT2D eigenvalue weighted by atomic mass is 10.0. The molecule has 0 radical (unpaired) electrons. The van der Waals surface area contributed by atoms with Crippen LogP contribution in [0.4, 0.5) is 14.6 Å². The number of ether oxygens (including phenoxy) is 2. The number of aromatic amines is 1. The maximum absolute atomic E-state index is 15.9. The molecule has 3 aliphatic heterocycles. The molecular weight excluding hydrogens is 630 g/mol. The number of imidazole rings is 1. The Hall–Kier alpha value is -2.51. The smallest absolute Gasteiger partial charge is 0.330 e. The van der Waals surface area contributed by atoms with E-state index in [1.807, 2.05) is 4.98 Å². The van der Waals surface area contributed by atoms with Gasteiger partial charge in [-0.15, -0.1) is 0 Å². The maximum atomic E-state index is 15.9. The van der Waals surface area contributed by atoms with Crippen molar-refractivity contribution < 1.29 is 46.2 Å². The molecule has 3 fully saturated rings. The van der Waals surface area contributed by atoms with Gasteiger partial charge in [0.15, 0.2) is 23.9 Å². The van der Waals surface area contributed by atoms with Crippen molar-refractivity contribution in [3.63, 3.8) is 0 Å². The fourth-order valence-electron chi connectivity index (χ4n) is 5.10. The first-order valence-electron chi connectivity index (χ1n) is 12.3. The van der Waals surface area contributed by atoms with Crippen LogP contribution in [0.25, 0.3) is 11.2 Å². The van der Waals surface area contributed by atoms with Gasteiger partial charge in [-0.2, -0.15) is 0 Å². The number of H-pyrrole nitrogens is 1. The van der Waals surface area contributed by atoms with Crippen molar-refractivity contribution in [1.29, 1.82) is 0 Å². The highest BCUT2D eigenvalue weighted by Crippen LogP contribution is 2.54. The number of fused-ring (bicyclic) bond motifs is 4. The first kappa shape index (κ1) is 29.6. The molecular formula is C20H23F2N7O10P2S. The van der Waals surface area contributed by atoms with Gasteiger partial charge in [0.25, 0.3) is 5.56 Å². The van der Waals surface area contributed by atoms with E-state index in [9.17, 15) is 23.9 Å².